The molecule has 0 radical (unpaired) electrons. The van der Waals surface area contributed by atoms with Crippen LogP contribution in [0.4, 0.5) is 0 Å². The molecular weight excluding hydrogens is 314 g/mol. The van der Waals surface area contributed by atoms with Crippen molar-refractivity contribution < 1.29 is 14.7 Å². The van der Waals surface area contributed by atoms with Crippen molar-refractivity contribution >= 4 is 11.9 Å². The molecule has 3 rings (SSSR count). The van der Waals surface area contributed by atoms with E-state index in [1.165, 1.54) is 10.5 Å². The van der Waals surface area contributed by atoms with Gasteiger partial charge in [-0.2, -0.15) is 0 Å². The summed E-state index contributed by atoms with van der Waals surface area (Å²) in [5, 5.41) is 9.37. The number of carboxylic acids is 1. The molecule has 0 spiro atoms. The largest absolute Gasteiger partial charge is 0.480 e. The van der Waals surface area contributed by atoms with E-state index in [2.05, 4.69) is 12.1 Å². The van der Waals surface area contributed by atoms with Gasteiger partial charge in [0.1, 0.15) is 6.04 Å². The van der Waals surface area contributed by atoms with Crippen LogP contribution in [0.25, 0.3) is 0 Å². The molecule has 1 aliphatic carbocycles. The molecule has 1 saturated carbocycles. The predicted molar refractivity (Wildman–Crippen MR) is 96.0 cm³/mol. The van der Waals surface area contributed by atoms with E-state index in [1.807, 2.05) is 48.5 Å². The Balaban J connectivity index is 1.66. The SMILES string of the molecule is CC(C(=O)O)N(Cc1ccccc1)C(=O)C[C@@H]1C[C@H]1c1ccccc1. The summed E-state index contributed by atoms with van der Waals surface area (Å²) in [5.74, 6) is -0.320. The lowest BCUT2D eigenvalue weighted by Gasteiger charge is -2.27. The summed E-state index contributed by atoms with van der Waals surface area (Å²) in [7, 11) is 0. The number of amides is 1. The van der Waals surface area contributed by atoms with Gasteiger partial charge >= 0.3 is 5.97 Å². The summed E-state index contributed by atoms with van der Waals surface area (Å²) in [4.78, 5) is 25.7. The fourth-order valence-corrected chi connectivity index (χ4v) is 3.28. The van der Waals surface area contributed by atoms with Crippen LogP contribution in [0.3, 0.4) is 0 Å². The monoisotopic (exact) mass is 337 g/mol. The summed E-state index contributed by atoms with van der Waals surface area (Å²) in [6, 6.07) is 18.9. The number of nitrogens with zero attached hydrogens (tertiary/aromatic N) is 1. The normalized spacial score (nSPS) is 19.9. The fourth-order valence-electron chi connectivity index (χ4n) is 3.28. The Bertz CT molecular complexity index is 729. The Hall–Kier alpha value is -2.62. The summed E-state index contributed by atoms with van der Waals surface area (Å²) in [6.07, 6.45) is 1.40. The second kappa shape index (κ2) is 7.51. The van der Waals surface area contributed by atoms with Gasteiger partial charge in [0.2, 0.25) is 5.91 Å². The summed E-state index contributed by atoms with van der Waals surface area (Å²) >= 11 is 0. The first-order valence-corrected chi connectivity index (χ1v) is 8.67. The zero-order valence-corrected chi connectivity index (χ0v) is 14.3. The number of rotatable bonds is 7. The molecule has 4 nitrogen and oxygen atoms in total. The zero-order chi connectivity index (χ0) is 17.8. The molecular formula is C21H23NO3. The van der Waals surface area contributed by atoms with Crippen LogP contribution in [0.5, 0.6) is 0 Å². The molecule has 0 aromatic heterocycles. The van der Waals surface area contributed by atoms with E-state index in [1.54, 1.807) is 6.92 Å². The van der Waals surface area contributed by atoms with Gasteiger partial charge in [-0.3, -0.25) is 4.79 Å². The van der Waals surface area contributed by atoms with Crippen LogP contribution in [0.2, 0.25) is 0 Å². The van der Waals surface area contributed by atoms with Crippen LogP contribution in [-0.2, 0) is 16.1 Å². The van der Waals surface area contributed by atoms with Crippen LogP contribution < -0.4 is 0 Å². The maximum Gasteiger partial charge on any atom is 0.326 e. The van der Waals surface area contributed by atoms with Crippen LogP contribution in [-0.4, -0.2) is 27.9 Å². The number of carbonyl (C=O) groups is 2. The third kappa shape index (κ3) is 4.27. The molecule has 0 bridgehead atoms. The van der Waals surface area contributed by atoms with Crippen LogP contribution >= 0.6 is 0 Å². The first-order chi connectivity index (χ1) is 12.1. The van der Waals surface area contributed by atoms with Gasteiger partial charge in [-0.25, -0.2) is 4.79 Å². The Labute approximate surface area is 148 Å². The average molecular weight is 337 g/mol. The minimum atomic E-state index is -0.973. The minimum absolute atomic E-state index is 0.0813. The van der Waals surface area contributed by atoms with Crippen molar-refractivity contribution in [3.05, 3.63) is 71.8 Å². The van der Waals surface area contributed by atoms with Crippen molar-refractivity contribution in [3.8, 4) is 0 Å². The highest BCUT2D eigenvalue weighted by atomic mass is 16.4. The number of hydrogen-bond donors (Lipinski definition) is 1. The Morgan fingerprint density at radius 1 is 1.08 bits per heavy atom. The summed E-state index contributed by atoms with van der Waals surface area (Å²) in [6.45, 7) is 1.90. The van der Waals surface area contributed by atoms with Gasteiger partial charge in [-0.15, -0.1) is 0 Å². The van der Waals surface area contributed by atoms with Crippen molar-refractivity contribution in [2.45, 2.75) is 38.3 Å². The third-order valence-corrected chi connectivity index (χ3v) is 4.93. The molecule has 3 atom stereocenters. The zero-order valence-electron chi connectivity index (χ0n) is 14.3. The lowest BCUT2D eigenvalue weighted by molar-refractivity contribution is -0.150. The minimum Gasteiger partial charge on any atom is -0.480 e. The lowest BCUT2D eigenvalue weighted by Crippen LogP contribution is -2.42. The van der Waals surface area contributed by atoms with E-state index in [0.29, 0.717) is 24.8 Å². The second-order valence-electron chi connectivity index (χ2n) is 6.74. The molecule has 130 valence electrons. The average Bonchev–Trinajstić information content (AvgIpc) is 3.39. The number of benzene rings is 2. The van der Waals surface area contributed by atoms with Crippen molar-refractivity contribution in [3.63, 3.8) is 0 Å². The van der Waals surface area contributed by atoms with Crippen LogP contribution in [0.15, 0.2) is 60.7 Å². The molecule has 0 heterocycles. The number of carboxylic acid groups (broad SMARTS) is 1. The van der Waals surface area contributed by atoms with Gasteiger partial charge in [0.25, 0.3) is 0 Å². The maximum absolute atomic E-state index is 12.8. The number of carbonyl (C=O) groups excluding carboxylic acids is 1. The highest BCUT2D eigenvalue weighted by Gasteiger charge is 2.41. The van der Waals surface area contributed by atoms with Gasteiger partial charge in [0.15, 0.2) is 0 Å². The van der Waals surface area contributed by atoms with Crippen molar-refractivity contribution in [1.82, 2.24) is 4.90 Å². The van der Waals surface area contributed by atoms with Gasteiger partial charge in [-0.05, 0) is 36.3 Å². The van der Waals surface area contributed by atoms with Crippen LogP contribution in [0, 0.1) is 5.92 Å². The van der Waals surface area contributed by atoms with E-state index in [9.17, 15) is 14.7 Å². The highest BCUT2D eigenvalue weighted by molar-refractivity contribution is 5.83. The van der Waals surface area contributed by atoms with Gasteiger partial charge in [-0.1, -0.05) is 60.7 Å². The van der Waals surface area contributed by atoms with Crippen molar-refractivity contribution in [2.24, 2.45) is 5.92 Å². The standard InChI is InChI=1S/C21H23NO3/c1-15(21(24)25)22(14-16-8-4-2-5-9-16)20(23)13-18-12-19(18)17-10-6-3-7-11-17/h2-11,15,18-19H,12-14H2,1H3,(H,24,25)/t15?,18-,19-/m0/s1. The molecule has 1 N–H and O–H groups in total. The van der Waals surface area contributed by atoms with Gasteiger partial charge < -0.3 is 10.0 Å². The first kappa shape index (κ1) is 17.2. The predicted octanol–water partition coefficient (Wildman–Crippen LogP) is 3.68. The molecule has 1 unspecified atom stereocenters. The quantitative estimate of drug-likeness (QED) is 0.838. The van der Waals surface area contributed by atoms with E-state index >= 15 is 0 Å². The highest BCUT2D eigenvalue weighted by Crippen LogP contribution is 2.49. The lowest BCUT2D eigenvalue weighted by atomic mass is 10.1. The van der Waals surface area contributed by atoms with Gasteiger partial charge in [0, 0.05) is 13.0 Å². The van der Waals surface area contributed by atoms with Crippen molar-refractivity contribution in [2.75, 3.05) is 0 Å². The van der Waals surface area contributed by atoms with E-state index in [4.69, 9.17) is 0 Å². The molecule has 1 aliphatic rings. The van der Waals surface area contributed by atoms with Crippen LogP contribution in [0.1, 0.15) is 36.8 Å². The summed E-state index contributed by atoms with van der Waals surface area (Å²) < 4.78 is 0. The van der Waals surface area contributed by atoms with Gasteiger partial charge in [0.05, 0.1) is 0 Å². The summed E-state index contributed by atoms with van der Waals surface area (Å²) in [5.41, 5.74) is 2.21. The molecule has 0 aliphatic heterocycles. The number of aliphatic carboxylic acids is 1. The molecule has 25 heavy (non-hydrogen) atoms. The molecule has 1 amide bonds. The Morgan fingerprint density at radius 2 is 1.68 bits per heavy atom. The maximum atomic E-state index is 12.8. The Kier molecular flexibility index (Phi) is 5.17. The molecule has 2 aromatic carbocycles. The molecule has 1 fully saturated rings. The second-order valence-corrected chi connectivity index (χ2v) is 6.74. The fraction of sp³-hybridized carbons (Fsp3) is 0.333. The van der Waals surface area contributed by atoms with E-state index < -0.39 is 12.0 Å². The number of hydrogen-bond acceptors (Lipinski definition) is 2. The molecule has 4 heteroatoms. The Morgan fingerprint density at radius 3 is 2.28 bits per heavy atom. The molecule has 2 aromatic rings. The van der Waals surface area contributed by atoms with E-state index in [0.717, 1.165) is 12.0 Å². The molecule has 0 saturated heterocycles. The topological polar surface area (TPSA) is 57.6 Å². The first-order valence-electron chi connectivity index (χ1n) is 8.67. The third-order valence-electron chi connectivity index (χ3n) is 4.93. The van der Waals surface area contributed by atoms with E-state index in [-0.39, 0.29) is 5.91 Å². The smallest absolute Gasteiger partial charge is 0.326 e. The van der Waals surface area contributed by atoms with Crippen molar-refractivity contribution in [1.29, 1.82) is 0 Å².